The number of hydrazone groups is 1. The highest BCUT2D eigenvalue weighted by Gasteiger charge is 2.45. The number of benzene rings is 1. The highest BCUT2D eigenvalue weighted by molar-refractivity contribution is 5.86. The summed E-state index contributed by atoms with van der Waals surface area (Å²) >= 11 is 0. The van der Waals surface area contributed by atoms with Crippen LogP contribution in [0.1, 0.15) is 13.2 Å². The van der Waals surface area contributed by atoms with Crippen molar-refractivity contribution >= 4 is 28.6 Å². The number of aliphatic hydroxyl groups is 3. The highest BCUT2D eigenvalue weighted by Crippen LogP contribution is 2.35. The van der Waals surface area contributed by atoms with Crippen LogP contribution in [0.3, 0.4) is 0 Å². The topological polar surface area (TPSA) is 182 Å². The third-order valence-electron chi connectivity index (χ3n) is 5.13. The van der Waals surface area contributed by atoms with Gasteiger partial charge >= 0.3 is 0 Å². The molecule has 0 spiro atoms. The molecule has 6 N–H and O–H groups in total. The number of nitrogens with one attached hydrogen (secondary N) is 1. The van der Waals surface area contributed by atoms with Crippen molar-refractivity contribution in [1.82, 2.24) is 19.5 Å². The molecule has 0 aliphatic carbocycles. The van der Waals surface area contributed by atoms with Crippen LogP contribution in [0.25, 0.3) is 11.2 Å². The van der Waals surface area contributed by atoms with E-state index < -0.39 is 31.1 Å². The van der Waals surface area contributed by atoms with Crippen molar-refractivity contribution < 1.29 is 29.5 Å². The van der Waals surface area contributed by atoms with Gasteiger partial charge in [-0.15, -0.1) is 0 Å². The number of nitrogen functional groups attached to an aromatic ring is 1. The zero-order chi connectivity index (χ0) is 23.5. The van der Waals surface area contributed by atoms with E-state index in [9.17, 15) is 15.3 Å². The van der Waals surface area contributed by atoms with Gasteiger partial charge in [0.05, 0.1) is 19.4 Å². The van der Waals surface area contributed by atoms with Crippen molar-refractivity contribution in [1.29, 1.82) is 0 Å². The Morgan fingerprint density at radius 2 is 1.94 bits per heavy atom. The van der Waals surface area contributed by atoms with E-state index >= 15 is 0 Å². The number of hydrogen-bond acceptors (Lipinski definition) is 12. The Hall–Kier alpha value is -3.52. The number of aromatic nitrogens is 4. The third kappa shape index (κ3) is 4.52. The molecule has 0 bridgehead atoms. The number of hydrogen-bond donors (Lipinski definition) is 5. The van der Waals surface area contributed by atoms with E-state index in [0.717, 1.165) is 5.75 Å². The first-order valence-corrected chi connectivity index (χ1v) is 10.1. The molecule has 1 aliphatic rings. The molecule has 0 radical (unpaired) electrons. The number of aliphatic hydroxyl groups excluding tert-OH is 3. The van der Waals surface area contributed by atoms with E-state index in [1.807, 2.05) is 0 Å². The molecule has 13 heteroatoms. The van der Waals surface area contributed by atoms with Crippen molar-refractivity contribution in [2.45, 2.75) is 31.5 Å². The summed E-state index contributed by atoms with van der Waals surface area (Å²) in [6, 6.07) is 7.13. The van der Waals surface area contributed by atoms with Crippen LogP contribution in [-0.2, 0) is 4.74 Å². The van der Waals surface area contributed by atoms with Gasteiger partial charge in [-0.2, -0.15) is 5.10 Å². The third-order valence-corrected chi connectivity index (χ3v) is 5.13. The average Bonchev–Trinajstić information content (AvgIpc) is 3.34. The second-order valence-electron chi connectivity index (χ2n) is 7.39. The Balaban J connectivity index is 1.56. The lowest BCUT2D eigenvalue weighted by atomic mass is 10.1. The van der Waals surface area contributed by atoms with Crippen LogP contribution in [0, 0.1) is 0 Å². The summed E-state index contributed by atoms with van der Waals surface area (Å²) in [6.07, 6.45) is -3.46. The standard InChI is InChI=1S/C20H25N7O6/c1-10(8-32-12-5-3-11(31-2)4-6-12)25-26-20-24-14-17(21)22-9-23-18(14)27(20)19-16(30)15(29)13(7-28)33-19/h3-6,9,13,15-16,19,28-30H,7-8H2,1-2H3,(H,24,26)(H2,21,22,23). The predicted molar refractivity (Wildman–Crippen MR) is 118 cm³/mol. The van der Waals surface area contributed by atoms with Crippen molar-refractivity contribution in [3.63, 3.8) is 0 Å². The maximum atomic E-state index is 10.5. The van der Waals surface area contributed by atoms with Crippen molar-refractivity contribution in [2.24, 2.45) is 5.10 Å². The number of nitrogens with zero attached hydrogens (tertiary/aromatic N) is 5. The molecular weight excluding hydrogens is 434 g/mol. The van der Waals surface area contributed by atoms with Gasteiger partial charge in [-0.3, -0.25) is 4.57 Å². The summed E-state index contributed by atoms with van der Waals surface area (Å²) in [5.74, 6) is 1.64. The van der Waals surface area contributed by atoms with Crippen LogP contribution in [0.15, 0.2) is 35.7 Å². The van der Waals surface area contributed by atoms with Gasteiger partial charge in [0.15, 0.2) is 23.2 Å². The minimum Gasteiger partial charge on any atom is -0.497 e. The summed E-state index contributed by atoms with van der Waals surface area (Å²) in [4.78, 5) is 12.5. The molecular formula is C20H25N7O6. The molecule has 1 aliphatic heterocycles. The maximum absolute atomic E-state index is 10.5. The van der Waals surface area contributed by atoms with Crippen LogP contribution in [0.2, 0.25) is 0 Å². The van der Waals surface area contributed by atoms with E-state index in [-0.39, 0.29) is 29.5 Å². The lowest BCUT2D eigenvalue weighted by Crippen LogP contribution is -2.33. The molecule has 33 heavy (non-hydrogen) atoms. The number of rotatable bonds is 8. The Bertz CT molecular complexity index is 1140. The molecule has 3 aromatic rings. The Labute approximate surface area is 188 Å². The van der Waals surface area contributed by atoms with Gasteiger partial charge in [0.25, 0.3) is 0 Å². The Morgan fingerprint density at radius 3 is 2.61 bits per heavy atom. The molecule has 3 heterocycles. The van der Waals surface area contributed by atoms with Gasteiger partial charge < -0.3 is 35.3 Å². The molecule has 2 aromatic heterocycles. The smallest absolute Gasteiger partial charge is 0.228 e. The monoisotopic (exact) mass is 459 g/mol. The minimum absolute atomic E-state index is 0.122. The van der Waals surface area contributed by atoms with Crippen LogP contribution >= 0.6 is 0 Å². The lowest BCUT2D eigenvalue weighted by molar-refractivity contribution is -0.0501. The van der Waals surface area contributed by atoms with Crippen LogP contribution in [-0.4, -0.2) is 79.2 Å². The van der Waals surface area contributed by atoms with E-state index in [1.165, 1.54) is 10.9 Å². The van der Waals surface area contributed by atoms with Gasteiger partial charge in [-0.1, -0.05) is 0 Å². The summed E-state index contributed by atoms with van der Waals surface area (Å²) in [5, 5.41) is 34.4. The first-order valence-electron chi connectivity index (χ1n) is 10.1. The first-order chi connectivity index (χ1) is 15.9. The molecule has 1 saturated heterocycles. The number of methoxy groups -OCH3 is 1. The zero-order valence-corrected chi connectivity index (χ0v) is 18.0. The van der Waals surface area contributed by atoms with E-state index in [2.05, 4.69) is 25.5 Å². The normalized spacial score (nSPS) is 23.1. The van der Waals surface area contributed by atoms with Gasteiger partial charge in [0, 0.05) is 0 Å². The number of nitrogens with two attached hydrogens (primary N) is 1. The Kier molecular flexibility index (Phi) is 6.55. The predicted octanol–water partition coefficient (Wildman–Crippen LogP) is -0.105. The summed E-state index contributed by atoms with van der Waals surface area (Å²) in [5.41, 5.74) is 9.86. The molecule has 0 amide bonds. The van der Waals surface area contributed by atoms with Gasteiger partial charge in [0.2, 0.25) is 5.95 Å². The van der Waals surface area contributed by atoms with Crippen molar-refractivity contribution in [2.75, 3.05) is 31.5 Å². The number of fused-ring (bicyclic) bond motifs is 1. The minimum atomic E-state index is -1.35. The summed E-state index contributed by atoms with van der Waals surface area (Å²) < 4.78 is 17.9. The molecule has 4 atom stereocenters. The molecule has 176 valence electrons. The number of ether oxygens (including phenoxy) is 3. The maximum Gasteiger partial charge on any atom is 0.228 e. The van der Waals surface area contributed by atoms with Crippen LogP contribution in [0.4, 0.5) is 11.8 Å². The van der Waals surface area contributed by atoms with Crippen molar-refractivity contribution in [3.8, 4) is 11.5 Å². The molecule has 1 aromatic carbocycles. The molecule has 4 unspecified atom stereocenters. The van der Waals surface area contributed by atoms with Crippen LogP contribution < -0.4 is 20.6 Å². The number of imidazole rings is 1. The highest BCUT2D eigenvalue weighted by atomic mass is 16.6. The molecule has 0 saturated carbocycles. The quantitative estimate of drug-likeness (QED) is 0.224. The summed E-state index contributed by atoms with van der Waals surface area (Å²) in [6.45, 7) is 1.47. The van der Waals surface area contributed by atoms with Gasteiger partial charge in [0.1, 0.15) is 42.7 Å². The SMILES string of the molecule is COc1ccc(OCC(C)=NNc2nc3c(N)ncnc3n2C2OC(CO)C(O)C2O)cc1. The zero-order valence-electron chi connectivity index (χ0n) is 18.0. The van der Waals surface area contributed by atoms with Gasteiger partial charge in [-0.25, -0.2) is 20.4 Å². The average molecular weight is 459 g/mol. The second kappa shape index (κ2) is 9.54. The first kappa shape index (κ1) is 22.7. The van der Waals surface area contributed by atoms with Gasteiger partial charge in [-0.05, 0) is 31.2 Å². The van der Waals surface area contributed by atoms with E-state index in [4.69, 9.17) is 19.9 Å². The molecule has 13 nitrogen and oxygen atoms in total. The fourth-order valence-corrected chi connectivity index (χ4v) is 3.38. The Morgan fingerprint density at radius 1 is 1.21 bits per heavy atom. The van der Waals surface area contributed by atoms with E-state index in [0.29, 0.717) is 11.5 Å². The summed E-state index contributed by atoms with van der Waals surface area (Å²) in [7, 11) is 1.59. The van der Waals surface area contributed by atoms with Crippen molar-refractivity contribution in [3.05, 3.63) is 30.6 Å². The van der Waals surface area contributed by atoms with E-state index in [1.54, 1.807) is 38.3 Å². The fourth-order valence-electron chi connectivity index (χ4n) is 3.38. The fraction of sp³-hybridized carbons (Fsp3) is 0.400. The molecule has 4 rings (SSSR count). The molecule has 1 fully saturated rings. The van der Waals surface area contributed by atoms with Crippen LogP contribution in [0.5, 0.6) is 11.5 Å². The second-order valence-corrected chi connectivity index (χ2v) is 7.39. The lowest BCUT2D eigenvalue weighted by Gasteiger charge is -2.19. The number of anilines is 2. The largest absolute Gasteiger partial charge is 0.497 e.